The molecule has 0 heterocycles. The van der Waals surface area contributed by atoms with Gasteiger partial charge in [-0.15, -0.1) is 0 Å². The van der Waals surface area contributed by atoms with Gasteiger partial charge in [0.15, 0.2) is 0 Å². The molecule has 0 N–H and O–H groups in total. The molecule has 4 rings (SSSR count). The third kappa shape index (κ3) is 1.96. The van der Waals surface area contributed by atoms with Crippen LogP contribution in [0.4, 0.5) is 0 Å². The molecule has 0 saturated heterocycles. The van der Waals surface area contributed by atoms with E-state index in [-0.39, 0.29) is 5.41 Å². The molecular formula is C18H26N2. The summed E-state index contributed by atoms with van der Waals surface area (Å²) in [5.41, 5.74) is -0.252. The summed E-state index contributed by atoms with van der Waals surface area (Å²) >= 11 is 0. The predicted octanol–water partition coefficient (Wildman–Crippen LogP) is 4.53. The van der Waals surface area contributed by atoms with Crippen LogP contribution in [0.3, 0.4) is 0 Å². The van der Waals surface area contributed by atoms with E-state index in [1.807, 2.05) is 0 Å². The molecule has 1 atom stereocenters. The maximum atomic E-state index is 10.00. The first-order valence-electron chi connectivity index (χ1n) is 8.39. The van der Waals surface area contributed by atoms with E-state index in [0.717, 1.165) is 30.1 Å². The van der Waals surface area contributed by atoms with Gasteiger partial charge in [0, 0.05) is 6.42 Å². The molecule has 0 aromatic heterocycles. The fourth-order valence-electron chi connectivity index (χ4n) is 6.13. The summed E-state index contributed by atoms with van der Waals surface area (Å²) in [6, 6.07) is 5.01. The number of hydrogen-bond donors (Lipinski definition) is 0. The van der Waals surface area contributed by atoms with Crippen molar-refractivity contribution in [1.29, 1.82) is 10.5 Å². The van der Waals surface area contributed by atoms with Crippen molar-refractivity contribution in [3.05, 3.63) is 0 Å². The lowest BCUT2D eigenvalue weighted by Gasteiger charge is -2.59. The van der Waals surface area contributed by atoms with Crippen molar-refractivity contribution in [1.82, 2.24) is 0 Å². The van der Waals surface area contributed by atoms with E-state index < -0.39 is 0 Å². The van der Waals surface area contributed by atoms with E-state index in [0.29, 0.717) is 18.3 Å². The second-order valence-corrected chi connectivity index (χ2v) is 7.92. The van der Waals surface area contributed by atoms with Crippen LogP contribution in [-0.4, -0.2) is 0 Å². The highest BCUT2D eigenvalue weighted by atomic mass is 14.6. The molecule has 4 saturated carbocycles. The van der Waals surface area contributed by atoms with Crippen molar-refractivity contribution in [3.8, 4) is 12.1 Å². The molecule has 2 nitrogen and oxygen atoms in total. The molecule has 108 valence electrons. The molecule has 0 aromatic rings. The third-order valence-electron chi connectivity index (χ3n) is 6.71. The normalized spacial score (nSPS) is 41.1. The van der Waals surface area contributed by atoms with Gasteiger partial charge in [-0.1, -0.05) is 13.8 Å². The molecule has 20 heavy (non-hydrogen) atoms. The fourth-order valence-corrected chi connectivity index (χ4v) is 6.13. The van der Waals surface area contributed by atoms with Gasteiger partial charge in [-0.2, -0.15) is 10.5 Å². The fraction of sp³-hybridized carbons (Fsp3) is 0.889. The van der Waals surface area contributed by atoms with E-state index in [4.69, 9.17) is 5.26 Å². The van der Waals surface area contributed by atoms with Crippen molar-refractivity contribution in [3.63, 3.8) is 0 Å². The Labute approximate surface area is 123 Å². The lowest BCUT2D eigenvalue weighted by atomic mass is 9.45. The van der Waals surface area contributed by atoms with Gasteiger partial charge in [-0.25, -0.2) is 0 Å². The molecule has 4 bridgehead atoms. The number of nitriles is 2. The van der Waals surface area contributed by atoms with Crippen LogP contribution in [0.1, 0.15) is 58.8 Å². The average Bonchev–Trinajstić information content (AvgIpc) is 2.40. The number of nitrogens with zero attached hydrogens (tertiary/aromatic N) is 2. The Morgan fingerprint density at radius 2 is 1.55 bits per heavy atom. The van der Waals surface area contributed by atoms with Gasteiger partial charge in [-0.05, 0) is 74.0 Å². The Balaban J connectivity index is 1.91. The van der Waals surface area contributed by atoms with Gasteiger partial charge in [0.1, 0.15) is 0 Å². The first-order valence-corrected chi connectivity index (χ1v) is 8.39. The minimum atomic E-state index is -0.252. The SMILES string of the molecule is CC(C)C(C#N)(CCC#N)C1C2CC3CC(C2)CC1C3. The van der Waals surface area contributed by atoms with Crippen LogP contribution in [0, 0.1) is 63.6 Å². The second-order valence-electron chi connectivity index (χ2n) is 7.92. The largest absolute Gasteiger partial charge is 0.198 e. The van der Waals surface area contributed by atoms with Crippen molar-refractivity contribution in [2.24, 2.45) is 40.9 Å². The summed E-state index contributed by atoms with van der Waals surface area (Å²) < 4.78 is 0. The van der Waals surface area contributed by atoms with E-state index in [1.165, 1.54) is 32.1 Å². The van der Waals surface area contributed by atoms with E-state index in [1.54, 1.807) is 0 Å². The summed E-state index contributed by atoms with van der Waals surface area (Å²) in [4.78, 5) is 0. The molecular weight excluding hydrogens is 244 g/mol. The molecule has 4 aliphatic carbocycles. The maximum Gasteiger partial charge on any atom is 0.0695 e. The van der Waals surface area contributed by atoms with Gasteiger partial charge in [0.2, 0.25) is 0 Å². The Hall–Kier alpha value is -1.02. The van der Waals surface area contributed by atoms with Crippen LogP contribution in [0.2, 0.25) is 0 Å². The molecule has 4 aliphatic rings. The predicted molar refractivity (Wildman–Crippen MR) is 78.3 cm³/mol. The zero-order valence-corrected chi connectivity index (χ0v) is 12.8. The maximum absolute atomic E-state index is 10.00. The summed E-state index contributed by atoms with van der Waals surface area (Å²) in [6.07, 6.45) is 8.22. The van der Waals surface area contributed by atoms with E-state index >= 15 is 0 Å². The minimum Gasteiger partial charge on any atom is -0.198 e. The monoisotopic (exact) mass is 270 g/mol. The highest BCUT2D eigenvalue weighted by Gasteiger charge is 2.56. The van der Waals surface area contributed by atoms with Gasteiger partial charge in [0.05, 0.1) is 17.6 Å². The van der Waals surface area contributed by atoms with Crippen LogP contribution in [0.15, 0.2) is 0 Å². The summed E-state index contributed by atoms with van der Waals surface area (Å²) in [6.45, 7) is 4.40. The Bertz CT molecular complexity index is 425. The van der Waals surface area contributed by atoms with Gasteiger partial charge in [-0.3, -0.25) is 0 Å². The molecule has 2 heteroatoms. The van der Waals surface area contributed by atoms with Gasteiger partial charge < -0.3 is 0 Å². The van der Waals surface area contributed by atoms with Gasteiger partial charge >= 0.3 is 0 Å². The summed E-state index contributed by atoms with van der Waals surface area (Å²) in [5.74, 6) is 4.37. The van der Waals surface area contributed by atoms with Crippen molar-refractivity contribution < 1.29 is 0 Å². The lowest BCUT2D eigenvalue weighted by Crippen LogP contribution is -2.53. The molecule has 4 fully saturated rings. The minimum absolute atomic E-state index is 0.252. The Morgan fingerprint density at radius 3 is 1.95 bits per heavy atom. The highest BCUT2D eigenvalue weighted by Crippen LogP contribution is 2.63. The van der Waals surface area contributed by atoms with Crippen LogP contribution in [0.5, 0.6) is 0 Å². The Kier molecular flexibility index (Phi) is 3.53. The van der Waals surface area contributed by atoms with Crippen molar-refractivity contribution in [2.45, 2.75) is 58.8 Å². The van der Waals surface area contributed by atoms with E-state index in [9.17, 15) is 5.26 Å². The average molecular weight is 270 g/mol. The van der Waals surface area contributed by atoms with Crippen molar-refractivity contribution in [2.75, 3.05) is 0 Å². The van der Waals surface area contributed by atoms with E-state index in [2.05, 4.69) is 26.0 Å². The molecule has 0 amide bonds. The first-order chi connectivity index (χ1) is 9.60. The summed E-state index contributed by atoms with van der Waals surface area (Å²) in [5, 5.41) is 19.0. The molecule has 1 unspecified atom stereocenters. The van der Waals surface area contributed by atoms with Crippen molar-refractivity contribution >= 4 is 0 Å². The molecule has 0 spiro atoms. The first kappa shape index (κ1) is 13.9. The lowest BCUT2D eigenvalue weighted by molar-refractivity contribution is -0.0947. The highest BCUT2D eigenvalue weighted by molar-refractivity contribution is 5.13. The number of rotatable bonds is 4. The second kappa shape index (κ2) is 5.07. The molecule has 0 aliphatic heterocycles. The smallest absolute Gasteiger partial charge is 0.0695 e. The topological polar surface area (TPSA) is 47.6 Å². The zero-order valence-electron chi connectivity index (χ0n) is 12.8. The van der Waals surface area contributed by atoms with Gasteiger partial charge in [0.25, 0.3) is 0 Å². The van der Waals surface area contributed by atoms with Crippen LogP contribution in [0.25, 0.3) is 0 Å². The van der Waals surface area contributed by atoms with Crippen LogP contribution in [-0.2, 0) is 0 Å². The third-order valence-corrected chi connectivity index (χ3v) is 6.71. The quantitative estimate of drug-likeness (QED) is 0.753. The van der Waals surface area contributed by atoms with Crippen LogP contribution >= 0.6 is 0 Å². The number of hydrogen-bond acceptors (Lipinski definition) is 2. The zero-order chi connectivity index (χ0) is 14.3. The molecule has 0 radical (unpaired) electrons. The Morgan fingerprint density at radius 1 is 1.00 bits per heavy atom. The molecule has 0 aromatic carbocycles. The summed E-state index contributed by atoms with van der Waals surface area (Å²) in [7, 11) is 0. The van der Waals surface area contributed by atoms with Crippen LogP contribution < -0.4 is 0 Å². The standard InChI is InChI=1S/C18H26N2/c1-12(2)18(11-20,4-3-5-19)17-15-7-13-6-14(9-15)10-16(17)8-13/h12-17H,3-4,6-10H2,1-2H3.